The standard InChI is InChI=1S/C23H18BrClN2O2/c1-28-18-9-4-14(5-10-18)20-13-21-19-12-17(25)8-11-22(19)29-23(27(21)26-20)15-2-6-16(24)7-3-15/h2-12,21,23H,13H2,1H3/t21-,23-/m0/s1. The van der Waals surface area contributed by atoms with Gasteiger partial charge in [0.1, 0.15) is 11.5 Å². The van der Waals surface area contributed by atoms with Crippen LogP contribution in [0.1, 0.15) is 35.4 Å². The first-order valence-corrected chi connectivity index (χ1v) is 10.5. The predicted octanol–water partition coefficient (Wildman–Crippen LogP) is 6.35. The molecule has 0 saturated carbocycles. The van der Waals surface area contributed by atoms with E-state index in [1.165, 1.54) is 0 Å². The molecule has 2 heterocycles. The van der Waals surface area contributed by atoms with Crippen LogP contribution >= 0.6 is 27.5 Å². The Morgan fingerprint density at radius 1 is 1.07 bits per heavy atom. The second kappa shape index (κ2) is 7.39. The number of benzene rings is 3. The Bertz CT molecular complexity index is 1080. The summed E-state index contributed by atoms with van der Waals surface area (Å²) in [5.41, 5.74) is 4.23. The molecule has 0 unspecified atom stereocenters. The highest BCUT2D eigenvalue weighted by molar-refractivity contribution is 9.10. The first-order valence-electron chi connectivity index (χ1n) is 9.34. The molecular weight excluding hydrogens is 452 g/mol. The van der Waals surface area contributed by atoms with Crippen LogP contribution in [0.2, 0.25) is 5.02 Å². The van der Waals surface area contributed by atoms with Crippen molar-refractivity contribution in [2.45, 2.75) is 18.7 Å². The molecule has 146 valence electrons. The van der Waals surface area contributed by atoms with Gasteiger partial charge in [0.25, 0.3) is 0 Å². The van der Waals surface area contributed by atoms with E-state index in [0.29, 0.717) is 5.02 Å². The van der Waals surface area contributed by atoms with E-state index in [1.807, 2.05) is 54.6 Å². The van der Waals surface area contributed by atoms with Gasteiger partial charge in [-0.1, -0.05) is 39.7 Å². The lowest BCUT2D eigenvalue weighted by molar-refractivity contribution is -0.0190. The van der Waals surface area contributed by atoms with Crippen molar-refractivity contribution in [3.05, 3.63) is 92.9 Å². The summed E-state index contributed by atoms with van der Waals surface area (Å²) in [6.07, 6.45) is 0.494. The van der Waals surface area contributed by atoms with E-state index >= 15 is 0 Å². The van der Waals surface area contributed by atoms with Crippen molar-refractivity contribution < 1.29 is 9.47 Å². The highest BCUT2D eigenvalue weighted by atomic mass is 79.9. The lowest BCUT2D eigenvalue weighted by Gasteiger charge is -2.38. The highest BCUT2D eigenvalue weighted by Crippen LogP contribution is 2.48. The minimum Gasteiger partial charge on any atom is -0.497 e. The Kier molecular flexibility index (Phi) is 4.72. The predicted molar refractivity (Wildman–Crippen MR) is 118 cm³/mol. The molecule has 0 N–H and O–H groups in total. The summed E-state index contributed by atoms with van der Waals surface area (Å²) >= 11 is 9.80. The molecule has 0 aromatic heterocycles. The minimum absolute atomic E-state index is 0.0724. The molecule has 4 nitrogen and oxygen atoms in total. The van der Waals surface area contributed by atoms with Crippen LogP contribution in [0.4, 0.5) is 0 Å². The third-order valence-corrected chi connectivity index (χ3v) is 6.09. The molecule has 6 heteroatoms. The second-order valence-corrected chi connectivity index (χ2v) is 8.43. The average Bonchev–Trinajstić information content (AvgIpc) is 3.20. The van der Waals surface area contributed by atoms with Crippen molar-refractivity contribution in [3.63, 3.8) is 0 Å². The van der Waals surface area contributed by atoms with E-state index in [-0.39, 0.29) is 12.3 Å². The molecule has 0 aliphatic carbocycles. The van der Waals surface area contributed by atoms with Crippen molar-refractivity contribution in [3.8, 4) is 11.5 Å². The summed E-state index contributed by atoms with van der Waals surface area (Å²) in [4.78, 5) is 0. The van der Waals surface area contributed by atoms with Gasteiger partial charge in [-0.15, -0.1) is 0 Å². The van der Waals surface area contributed by atoms with E-state index in [4.69, 9.17) is 26.2 Å². The number of fused-ring (bicyclic) bond motifs is 3. The largest absolute Gasteiger partial charge is 0.497 e. The Labute approximate surface area is 182 Å². The van der Waals surface area contributed by atoms with Crippen LogP contribution in [0, 0.1) is 0 Å². The fourth-order valence-corrected chi connectivity index (χ4v) is 4.31. The topological polar surface area (TPSA) is 34.1 Å². The summed E-state index contributed by atoms with van der Waals surface area (Å²) in [6.45, 7) is 0. The van der Waals surface area contributed by atoms with Crippen molar-refractivity contribution in [1.29, 1.82) is 0 Å². The van der Waals surface area contributed by atoms with Crippen molar-refractivity contribution in [1.82, 2.24) is 5.01 Å². The zero-order valence-electron chi connectivity index (χ0n) is 15.7. The van der Waals surface area contributed by atoms with Crippen LogP contribution in [0.15, 0.2) is 76.3 Å². The summed E-state index contributed by atoms with van der Waals surface area (Å²) in [6, 6.07) is 22.1. The fourth-order valence-electron chi connectivity index (χ4n) is 3.86. The van der Waals surface area contributed by atoms with Gasteiger partial charge in [0, 0.05) is 27.0 Å². The third-order valence-electron chi connectivity index (χ3n) is 5.33. The molecule has 0 fully saturated rings. The first-order chi connectivity index (χ1) is 14.1. The molecule has 0 spiro atoms. The SMILES string of the molecule is COc1ccc(C2=NN3[C@@H](C2)c2cc(Cl)ccc2O[C@H]3c2ccc(Br)cc2)cc1. The lowest BCUT2D eigenvalue weighted by Crippen LogP contribution is -2.33. The van der Waals surface area contributed by atoms with Crippen molar-refractivity contribution in [2.75, 3.05) is 7.11 Å². The molecule has 5 rings (SSSR count). The van der Waals surface area contributed by atoms with Gasteiger partial charge in [0.15, 0.2) is 0 Å². The van der Waals surface area contributed by atoms with Gasteiger partial charge in [-0.25, -0.2) is 5.01 Å². The van der Waals surface area contributed by atoms with Crippen LogP contribution in [0.25, 0.3) is 0 Å². The molecule has 0 amide bonds. The van der Waals surface area contributed by atoms with Crippen LogP contribution < -0.4 is 9.47 Å². The molecule has 3 aromatic rings. The Morgan fingerprint density at radius 3 is 2.55 bits per heavy atom. The average molecular weight is 470 g/mol. The summed E-state index contributed by atoms with van der Waals surface area (Å²) in [7, 11) is 1.67. The summed E-state index contributed by atoms with van der Waals surface area (Å²) in [5, 5.41) is 7.73. The number of hydrogen-bond donors (Lipinski definition) is 0. The van der Waals surface area contributed by atoms with Gasteiger partial charge in [0.05, 0.1) is 18.9 Å². The van der Waals surface area contributed by atoms with Gasteiger partial charge in [-0.3, -0.25) is 0 Å². The Balaban J connectivity index is 1.57. The number of ether oxygens (including phenoxy) is 2. The smallest absolute Gasteiger partial charge is 0.213 e. The maximum absolute atomic E-state index is 6.37. The fraction of sp³-hybridized carbons (Fsp3) is 0.174. The van der Waals surface area contributed by atoms with Gasteiger partial charge in [-0.2, -0.15) is 5.10 Å². The normalized spacial score (nSPS) is 19.8. The lowest BCUT2D eigenvalue weighted by atomic mass is 9.96. The number of methoxy groups -OCH3 is 1. The molecule has 29 heavy (non-hydrogen) atoms. The zero-order valence-corrected chi connectivity index (χ0v) is 18.0. The van der Waals surface area contributed by atoms with Gasteiger partial charge in [0.2, 0.25) is 6.23 Å². The summed E-state index contributed by atoms with van der Waals surface area (Å²) < 4.78 is 12.7. The van der Waals surface area contributed by atoms with Crippen LogP contribution in [-0.2, 0) is 0 Å². The molecule has 0 saturated heterocycles. The first kappa shape index (κ1) is 18.5. The van der Waals surface area contributed by atoms with E-state index in [0.717, 1.165) is 44.8 Å². The monoisotopic (exact) mass is 468 g/mol. The third kappa shape index (κ3) is 3.38. The molecule has 2 aliphatic rings. The van der Waals surface area contributed by atoms with Crippen LogP contribution in [-0.4, -0.2) is 17.8 Å². The van der Waals surface area contributed by atoms with Gasteiger partial charge in [-0.05, 0) is 60.2 Å². The van der Waals surface area contributed by atoms with Crippen LogP contribution in [0.5, 0.6) is 11.5 Å². The Hall–Kier alpha value is -2.50. The second-order valence-electron chi connectivity index (χ2n) is 7.08. The maximum Gasteiger partial charge on any atom is 0.213 e. The molecule has 0 bridgehead atoms. The molecule has 3 aromatic carbocycles. The van der Waals surface area contributed by atoms with Crippen LogP contribution in [0.3, 0.4) is 0 Å². The zero-order chi connectivity index (χ0) is 20.0. The van der Waals surface area contributed by atoms with Gasteiger partial charge < -0.3 is 9.47 Å². The van der Waals surface area contributed by atoms with Gasteiger partial charge >= 0.3 is 0 Å². The van der Waals surface area contributed by atoms with E-state index in [9.17, 15) is 0 Å². The molecule has 2 aliphatic heterocycles. The molecule has 0 radical (unpaired) electrons. The number of halogens is 2. The van der Waals surface area contributed by atoms with E-state index in [2.05, 4.69) is 33.1 Å². The van der Waals surface area contributed by atoms with E-state index in [1.54, 1.807) is 7.11 Å². The Morgan fingerprint density at radius 2 is 1.83 bits per heavy atom. The minimum atomic E-state index is -0.294. The molecule has 2 atom stereocenters. The number of hydrazone groups is 1. The maximum atomic E-state index is 6.37. The number of hydrogen-bond acceptors (Lipinski definition) is 4. The highest BCUT2D eigenvalue weighted by Gasteiger charge is 2.41. The quantitative estimate of drug-likeness (QED) is 0.448. The summed E-state index contributed by atoms with van der Waals surface area (Å²) in [5.74, 6) is 1.69. The molecular formula is C23H18BrClN2O2. The van der Waals surface area contributed by atoms with Crippen molar-refractivity contribution >= 4 is 33.2 Å². The van der Waals surface area contributed by atoms with Crippen molar-refractivity contribution in [2.24, 2.45) is 5.10 Å². The van der Waals surface area contributed by atoms with E-state index < -0.39 is 0 Å². The number of rotatable bonds is 3. The number of nitrogens with zero attached hydrogens (tertiary/aromatic N) is 2.